The van der Waals surface area contributed by atoms with Gasteiger partial charge in [0.2, 0.25) is 0 Å². The minimum Gasteiger partial charge on any atom is -0.368 e. The fourth-order valence-corrected chi connectivity index (χ4v) is 2.45. The molecule has 0 aromatic carbocycles. The van der Waals surface area contributed by atoms with Gasteiger partial charge in [0, 0.05) is 31.2 Å². The van der Waals surface area contributed by atoms with Crippen molar-refractivity contribution in [2.45, 2.75) is 45.7 Å². The maximum atomic E-state index is 5.82. The highest BCUT2D eigenvalue weighted by Crippen LogP contribution is 2.25. The van der Waals surface area contributed by atoms with E-state index in [0.29, 0.717) is 18.6 Å². The monoisotopic (exact) mass is 249 g/mol. The third-order valence-corrected chi connectivity index (χ3v) is 3.20. The largest absolute Gasteiger partial charge is 0.368 e. The number of rotatable bonds is 4. The van der Waals surface area contributed by atoms with Crippen LogP contribution in [-0.2, 0) is 0 Å². The number of aromatic nitrogens is 2. The number of hydrogen-bond donors (Lipinski definition) is 2. The second-order valence-electron chi connectivity index (χ2n) is 5.18. The van der Waals surface area contributed by atoms with Crippen molar-refractivity contribution >= 4 is 11.6 Å². The predicted octanol–water partition coefficient (Wildman–Crippen LogP) is 1.53. The number of anilines is 2. The molecule has 1 unspecified atom stereocenters. The minimum atomic E-state index is 0.371. The van der Waals surface area contributed by atoms with E-state index >= 15 is 0 Å². The average Bonchev–Trinajstić information content (AvgIpc) is 2.75. The van der Waals surface area contributed by atoms with E-state index in [4.69, 9.17) is 5.73 Å². The molecule has 1 aromatic heterocycles. The number of nitrogens with zero attached hydrogens (tertiary/aromatic N) is 3. The number of nitrogens with two attached hydrogens (primary N) is 1. The maximum absolute atomic E-state index is 5.82. The Hall–Kier alpha value is -1.36. The second kappa shape index (κ2) is 5.52. The van der Waals surface area contributed by atoms with Gasteiger partial charge in [-0.15, -0.1) is 0 Å². The molecule has 3 N–H and O–H groups in total. The predicted molar refractivity (Wildman–Crippen MR) is 75.0 cm³/mol. The fraction of sp³-hybridized carbons (Fsp3) is 0.692. The molecule has 0 aliphatic carbocycles. The molecule has 5 heteroatoms. The molecule has 100 valence electrons. The molecule has 0 bridgehead atoms. The first kappa shape index (κ1) is 13.1. The molecule has 1 aromatic rings. The molecule has 0 spiro atoms. The van der Waals surface area contributed by atoms with Gasteiger partial charge in [-0.05, 0) is 33.6 Å². The molecule has 1 fully saturated rings. The van der Waals surface area contributed by atoms with E-state index in [1.807, 2.05) is 13.0 Å². The van der Waals surface area contributed by atoms with Crippen LogP contribution in [0.25, 0.3) is 0 Å². The van der Waals surface area contributed by atoms with Gasteiger partial charge < -0.3 is 16.0 Å². The van der Waals surface area contributed by atoms with E-state index in [-0.39, 0.29) is 0 Å². The van der Waals surface area contributed by atoms with Crippen molar-refractivity contribution in [2.75, 3.05) is 23.3 Å². The molecule has 18 heavy (non-hydrogen) atoms. The molecule has 1 aliphatic rings. The van der Waals surface area contributed by atoms with Crippen molar-refractivity contribution in [1.82, 2.24) is 9.97 Å². The Kier molecular flexibility index (Phi) is 4.01. The lowest BCUT2D eigenvalue weighted by molar-refractivity contribution is 0.669. The SMILES string of the molecule is Cc1nc(NC(C)C)cc(N2CCCC2CN)n1. The molecule has 5 nitrogen and oxygen atoms in total. The van der Waals surface area contributed by atoms with E-state index < -0.39 is 0 Å². The maximum Gasteiger partial charge on any atom is 0.134 e. The second-order valence-corrected chi connectivity index (χ2v) is 5.18. The van der Waals surface area contributed by atoms with Crippen LogP contribution in [0.3, 0.4) is 0 Å². The topological polar surface area (TPSA) is 67.1 Å². The summed E-state index contributed by atoms with van der Waals surface area (Å²) in [5, 5.41) is 3.33. The molecule has 0 radical (unpaired) electrons. The number of nitrogens with one attached hydrogen (secondary N) is 1. The van der Waals surface area contributed by atoms with Gasteiger partial charge in [-0.2, -0.15) is 0 Å². The molecule has 1 aliphatic heterocycles. The van der Waals surface area contributed by atoms with Crippen LogP contribution in [0.2, 0.25) is 0 Å². The zero-order valence-corrected chi connectivity index (χ0v) is 11.5. The quantitative estimate of drug-likeness (QED) is 0.847. The molecule has 0 amide bonds. The summed E-state index contributed by atoms with van der Waals surface area (Å²) >= 11 is 0. The normalized spacial score (nSPS) is 19.6. The highest BCUT2D eigenvalue weighted by molar-refractivity contribution is 5.51. The van der Waals surface area contributed by atoms with E-state index in [0.717, 1.165) is 30.4 Å². The van der Waals surface area contributed by atoms with Crippen molar-refractivity contribution < 1.29 is 0 Å². The standard InChI is InChI=1S/C13H23N5/c1-9(2)15-12-7-13(17-10(3)16-12)18-6-4-5-11(18)8-14/h7,9,11H,4-6,8,14H2,1-3H3,(H,15,16,17). The lowest BCUT2D eigenvalue weighted by Crippen LogP contribution is -2.36. The zero-order valence-electron chi connectivity index (χ0n) is 11.5. The summed E-state index contributed by atoms with van der Waals surface area (Å²) in [6.45, 7) is 7.88. The smallest absolute Gasteiger partial charge is 0.134 e. The summed E-state index contributed by atoms with van der Waals surface area (Å²) in [5.74, 6) is 2.70. The van der Waals surface area contributed by atoms with Crippen LogP contribution in [0, 0.1) is 6.92 Å². The molecule has 1 atom stereocenters. The molecular formula is C13H23N5. The van der Waals surface area contributed by atoms with Gasteiger partial charge in [0.25, 0.3) is 0 Å². The van der Waals surface area contributed by atoms with Crippen LogP contribution in [-0.4, -0.2) is 35.1 Å². The fourth-order valence-electron chi connectivity index (χ4n) is 2.45. The van der Waals surface area contributed by atoms with Crippen LogP contribution in [0.15, 0.2) is 6.07 Å². The summed E-state index contributed by atoms with van der Waals surface area (Å²) in [6.07, 6.45) is 2.35. The van der Waals surface area contributed by atoms with Gasteiger partial charge in [0.1, 0.15) is 17.5 Å². The average molecular weight is 249 g/mol. The van der Waals surface area contributed by atoms with Crippen LogP contribution in [0.5, 0.6) is 0 Å². The van der Waals surface area contributed by atoms with Crippen LogP contribution >= 0.6 is 0 Å². The van der Waals surface area contributed by atoms with Gasteiger partial charge in [0.05, 0.1) is 0 Å². The first-order chi connectivity index (χ1) is 8.60. The third-order valence-electron chi connectivity index (χ3n) is 3.20. The van der Waals surface area contributed by atoms with Crippen molar-refractivity contribution in [3.05, 3.63) is 11.9 Å². The van der Waals surface area contributed by atoms with Crippen molar-refractivity contribution in [3.8, 4) is 0 Å². The lowest BCUT2D eigenvalue weighted by atomic mass is 10.2. The van der Waals surface area contributed by atoms with Gasteiger partial charge in [-0.1, -0.05) is 0 Å². The van der Waals surface area contributed by atoms with Gasteiger partial charge in [-0.25, -0.2) is 9.97 Å². The summed E-state index contributed by atoms with van der Waals surface area (Å²) in [4.78, 5) is 11.3. The molecule has 2 rings (SSSR count). The lowest BCUT2D eigenvalue weighted by Gasteiger charge is -2.25. The Bertz CT molecular complexity index is 404. The Labute approximate surface area is 109 Å². The third kappa shape index (κ3) is 2.90. The molecular weight excluding hydrogens is 226 g/mol. The van der Waals surface area contributed by atoms with Crippen LogP contribution < -0.4 is 16.0 Å². The molecule has 0 saturated carbocycles. The van der Waals surface area contributed by atoms with Crippen molar-refractivity contribution in [2.24, 2.45) is 5.73 Å². The van der Waals surface area contributed by atoms with E-state index in [2.05, 4.69) is 34.0 Å². The Morgan fingerprint density at radius 2 is 2.28 bits per heavy atom. The molecule has 1 saturated heterocycles. The highest BCUT2D eigenvalue weighted by Gasteiger charge is 2.24. The Morgan fingerprint density at radius 3 is 2.94 bits per heavy atom. The van der Waals surface area contributed by atoms with Crippen LogP contribution in [0.1, 0.15) is 32.5 Å². The summed E-state index contributed by atoms with van der Waals surface area (Å²) in [6, 6.07) is 2.82. The summed E-state index contributed by atoms with van der Waals surface area (Å²) in [7, 11) is 0. The van der Waals surface area contributed by atoms with Gasteiger partial charge in [0.15, 0.2) is 0 Å². The first-order valence-electron chi connectivity index (χ1n) is 6.69. The van der Waals surface area contributed by atoms with Crippen molar-refractivity contribution in [1.29, 1.82) is 0 Å². The number of hydrogen-bond acceptors (Lipinski definition) is 5. The van der Waals surface area contributed by atoms with E-state index in [9.17, 15) is 0 Å². The zero-order chi connectivity index (χ0) is 13.1. The van der Waals surface area contributed by atoms with Crippen molar-refractivity contribution in [3.63, 3.8) is 0 Å². The summed E-state index contributed by atoms with van der Waals surface area (Å²) < 4.78 is 0. The van der Waals surface area contributed by atoms with E-state index in [1.54, 1.807) is 0 Å². The van der Waals surface area contributed by atoms with Gasteiger partial charge >= 0.3 is 0 Å². The number of aryl methyl sites for hydroxylation is 1. The highest BCUT2D eigenvalue weighted by atomic mass is 15.2. The molecule has 2 heterocycles. The Balaban J connectivity index is 2.24. The Morgan fingerprint density at radius 1 is 1.50 bits per heavy atom. The van der Waals surface area contributed by atoms with Crippen LogP contribution in [0.4, 0.5) is 11.6 Å². The van der Waals surface area contributed by atoms with Gasteiger partial charge in [-0.3, -0.25) is 0 Å². The first-order valence-corrected chi connectivity index (χ1v) is 6.69. The van der Waals surface area contributed by atoms with E-state index in [1.165, 1.54) is 6.42 Å². The minimum absolute atomic E-state index is 0.371. The summed E-state index contributed by atoms with van der Waals surface area (Å²) in [5.41, 5.74) is 5.82.